The summed E-state index contributed by atoms with van der Waals surface area (Å²) in [6, 6.07) is 13.7. The maximum atomic E-state index is 12.2. The van der Waals surface area contributed by atoms with Crippen LogP contribution in [0.4, 0.5) is 18.9 Å². The number of hydrogen-bond acceptors (Lipinski definition) is 4. The molecule has 0 aliphatic carbocycles. The van der Waals surface area contributed by atoms with E-state index in [4.69, 9.17) is 4.74 Å². The van der Waals surface area contributed by atoms with Gasteiger partial charge in [0.25, 0.3) is 5.91 Å². The van der Waals surface area contributed by atoms with Crippen molar-refractivity contribution in [1.29, 1.82) is 0 Å². The summed E-state index contributed by atoms with van der Waals surface area (Å²) in [6.45, 7) is 1.34. The zero-order valence-corrected chi connectivity index (χ0v) is 14.5. The molecule has 0 bridgehead atoms. The van der Waals surface area contributed by atoms with E-state index in [9.17, 15) is 22.8 Å². The standard InChI is InChI=1S/C19H18F3NO4/c1-2-16(13-6-4-3-5-7-13)18(25)26-12-17(24)23-14-8-10-15(11-9-14)27-19(20,21)22/h3-11,16H,2,12H2,1H3,(H,23,24)/t16-/m0/s1. The van der Waals surface area contributed by atoms with Gasteiger partial charge in [0, 0.05) is 5.69 Å². The predicted octanol–water partition coefficient (Wildman–Crippen LogP) is 4.26. The Kier molecular flexibility index (Phi) is 6.81. The Balaban J connectivity index is 1.86. The zero-order chi connectivity index (χ0) is 19.9. The largest absolute Gasteiger partial charge is 0.573 e. The first-order valence-electron chi connectivity index (χ1n) is 8.15. The molecule has 0 saturated heterocycles. The predicted molar refractivity (Wildman–Crippen MR) is 92.2 cm³/mol. The van der Waals surface area contributed by atoms with Crippen LogP contribution in [0.2, 0.25) is 0 Å². The summed E-state index contributed by atoms with van der Waals surface area (Å²) < 4.78 is 45.1. The Morgan fingerprint density at radius 2 is 1.67 bits per heavy atom. The minimum atomic E-state index is -4.78. The van der Waals surface area contributed by atoms with E-state index in [0.29, 0.717) is 6.42 Å². The highest BCUT2D eigenvalue weighted by Gasteiger charge is 2.31. The molecule has 0 saturated carbocycles. The molecule has 2 aromatic rings. The molecular formula is C19H18F3NO4. The fourth-order valence-electron chi connectivity index (χ4n) is 2.40. The Bertz CT molecular complexity index is 761. The van der Waals surface area contributed by atoms with Crippen molar-refractivity contribution < 1.29 is 32.2 Å². The molecule has 0 unspecified atom stereocenters. The summed E-state index contributed by atoms with van der Waals surface area (Å²) in [6.07, 6.45) is -4.27. The number of ether oxygens (including phenoxy) is 2. The number of carbonyl (C=O) groups excluding carboxylic acids is 2. The summed E-state index contributed by atoms with van der Waals surface area (Å²) in [7, 11) is 0. The molecule has 8 heteroatoms. The summed E-state index contributed by atoms with van der Waals surface area (Å²) >= 11 is 0. The molecular weight excluding hydrogens is 363 g/mol. The highest BCUT2D eigenvalue weighted by atomic mass is 19.4. The van der Waals surface area contributed by atoms with Crippen LogP contribution in [0.3, 0.4) is 0 Å². The lowest BCUT2D eigenvalue weighted by Crippen LogP contribution is -2.24. The number of carbonyl (C=O) groups is 2. The number of halogens is 3. The summed E-state index contributed by atoms with van der Waals surface area (Å²) in [4.78, 5) is 24.1. The monoisotopic (exact) mass is 381 g/mol. The smallest absolute Gasteiger partial charge is 0.455 e. The number of amides is 1. The zero-order valence-electron chi connectivity index (χ0n) is 14.5. The third-order valence-electron chi connectivity index (χ3n) is 3.61. The third kappa shape index (κ3) is 6.65. The highest BCUT2D eigenvalue weighted by Crippen LogP contribution is 2.24. The van der Waals surface area contributed by atoms with Gasteiger partial charge in [0.2, 0.25) is 0 Å². The van der Waals surface area contributed by atoms with Crippen LogP contribution in [0.15, 0.2) is 54.6 Å². The summed E-state index contributed by atoms with van der Waals surface area (Å²) in [5, 5.41) is 2.43. The molecule has 0 fully saturated rings. The number of nitrogens with one attached hydrogen (secondary N) is 1. The van der Waals surface area contributed by atoms with Crippen LogP contribution in [0.1, 0.15) is 24.8 Å². The van der Waals surface area contributed by atoms with Crippen molar-refractivity contribution >= 4 is 17.6 Å². The average Bonchev–Trinajstić information content (AvgIpc) is 2.62. The van der Waals surface area contributed by atoms with Gasteiger partial charge in [0.05, 0.1) is 5.92 Å². The van der Waals surface area contributed by atoms with Gasteiger partial charge in [-0.2, -0.15) is 0 Å². The third-order valence-corrected chi connectivity index (χ3v) is 3.61. The van der Waals surface area contributed by atoms with Crippen molar-refractivity contribution in [3.63, 3.8) is 0 Å². The number of rotatable bonds is 7. The van der Waals surface area contributed by atoms with E-state index in [0.717, 1.165) is 17.7 Å². The number of alkyl halides is 3. The van der Waals surface area contributed by atoms with E-state index < -0.39 is 36.5 Å². The van der Waals surface area contributed by atoms with Gasteiger partial charge in [-0.1, -0.05) is 37.3 Å². The molecule has 5 nitrogen and oxygen atoms in total. The number of benzene rings is 2. The van der Waals surface area contributed by atoms with Gasteiger partial charge in [-0.15, -0.1) is 13.2 Å². The van der Waals surface area contributed by atoms with Gasteiger partial charge < -0.3 is 14.8 Å². The van der Waals surface area contributed by atoms with E-state index in [-0.39, 0.29) is 5.69 Å². The fourth-order valence-corrected chi connectivity index (χ4v) is 2.40. The Labute approximate surface area is 154 Å². The molecule has 0 aliphatic rings. The lowest BCUT2D eigenvalue weighted by Gasteiger charge is -2.14. The Hall–Kier alpha value is -3.03. The SMILES string of the molecule is CC[C@H](C(=O)OCC(=O)Nc1ccc(OC(F)(F)F)cc1)c1ccccc1. The number of esters is 1. The molecule has 0 aliphatic heterocycles. The van der Waals surface area contributed by atoms with Gasteiger partial charge in [0.15, 0.2) is 6.61 Å². The fraction of sp³-hybridized carbons (Fsp3) is 0.263. The van der Waals surface area contributed by atoms with E-state index in [1.807, 2.05) is 25.1 Å². The van der Waals surface area contributed by atoms with Gasteiger partial charge in [-0.05, 0) is 36.2 Å². The van der Waals surface area contributed by atoms with E-state index >= 15 is 0 Å². The topological polar surface area (TPSA) is 64.6 Å². The van der Waals surface area contributed by atoms with Crippen molar-refractivity contribution in [2.45, 2.75) is 25.6 Å². The lowest BCUT2D eigenvalue weighted by atomic mass is 9.97. The summed E-state index contributed by atoms with van der Waals surface area (Å²) in [5.41, 5.74) is 1.05. The summed E-state index contributed by atoms with van der Waals surface area (Å²) in [5.74, 6) is -2.00. The van der Waals surface area contributed by atoms with Gasteiger partial charge in [-0.25, -0.2) is 0 Å². The van der Waals surface area contributed by atoms with E-state index in [1.165, 1.54) is 12.1 Å². The maximum absolute atomic E-state index is 12.2. The van der Waals surface area contributed by atoms with Crippen LogP contribution in [0.25, 0.3) is 0 Å². The second-order valence-corrected chi connectivity index (χ2v) is 5.60. The molecule has 0 aromatic heterocycles. The molecule has 1 amide bonds. The average molecular weight is 381 g/mol. The Morgan fingerprint density at radius 3 is 2.22 bits per heavy atom. The minimum Gasteiger partial charge on any atom is -0.455 e. The first-order chi connectivity index (χ1) is 12.8. The van der Waals surface area contributed by atoms with E-state index in [2.05, 4.69) is 10.1 Å². The number of hydrogen-bond donors (Lipinski definition) is 1. The van der Waals surface area contributed by atoms with E-state index in [1.54, 1.807) is 12.1 Å². The molecule has 0 radical (unpaired) electrons. The van der Waals surface area contributed by atoms with Crippen molar-refractivity contribution in [2.75, 3.05) is 11.9 Å². The van der Waals surface area contributed by atoms with Gasteiger partial charge in [0.1, 0.15) is 5.75 Å². The van der Waals surface area contributed by atoms with Crippen molar-refractivity contribution in [1.82, 2.24) is 0 Å². The first kappa shape index (κ1) is 20.3. The Morgan fingerprint density at radius 1 is 1.04 bits per heavy atom. The highest BCUT2D eigenvalue weighted by molar-refractivity contribution is 5.93. The second-order valence-electron chi connectivity index (χ2n) is 5.60. The lowest BCUT2D eigenvalue weighted by molar-refractivity contribution is -0.274. The molecule has 144 valence electrons. The molecule has 1 atom stereocenters. The van der Waals surface area contributed by atoms with Crippen LogP contribution in [-0.4, -0.2) is 24.8 Å². The molecule has 0 heterocycles. The van der Waals surface area contributed by atoms with Crippen LogP contribution < -0.4 is 10.1 Å². The van der Waals surface area contributed by atoms with Gasteiger partial charge in [-0.3, -0.25) is 9.59 Å². The maximum Gasteiger partial charge on any atom is 0.573 e. The van der Waals surface area contributed by atoms with Crippen LogP contribution >= 0.6 is 0 Å². The molecule has 2 aromatic carbocycles. The van der Waals surface area contributed by atoms with Crippen LogP contribution in [0, 0.1) is 0 Å². The quantitative estimate of drug-likeness (QED) is 0.728. The molecule has 27 heavy (non-hydrogen) atoms. The minimum absolute atomic E-state index is 0.251. The van der Waals surface area contributed by atoms with Crippen LogP contribution in [0.5, 0.6) is 5.75 Å². The normalized spacial score (nSPS) is 12.1. The van der Waals surface area contributed by atoms with Gasteiger partial charge >= 0.3 is 12.3 Å². The van der Waals surface area contributed by atoms with Crippen molar-refractivity contribution in [3.8, 4) is 5.75 Å². The first-order valence-corrected chi connectivity index (χ1v) is 8.15. The molecule has 0 spiro atoms. The molecule has 1 N–H and O–H groups in total. The second kappa shape index (κ2) is 9.07. The van der Waals surface area contributed by atoms with Crippen LogP contribution in [-0.2, 0) is 14.3 Å². The van der Waals surface area contributed by atoms with Crippen molar-refractivity contribution in [3.05, 3.63) is 60.2 Å². The number of anilines is 1. The van der Waals surface area contributed by atoms with Crippen molar-refractivity contribution in [2.24, 2.45) is 0 Å². The molecule has 2 rings (SSSR count).